The molecule has 1 N–H and O–H groups in total. The second kappa shape index (κ2) is 6.09. The highest BCUT2D eigenvalue weighted by molar-refractivity contribution is 7.89. The van der Waals surface area contributed by atoms with Crippen LogP contribution in [0.2, 0.25) is 0 Å². The molecule has 5 rings (SSSR count). The zero-order chi connectivity index (χ0) is 20.8. The highest BCUT2D eigenvalue weighted by Crippen LogP contribution is 2.68. The summed E-state index contributed by atoms with van der Waals surface area (Å²) in [4.78, 5) is 0. The first kappa shape index (κ1) is 20.0. The summed E-state index contributed by atoms with van der Waals surface area (Å²) in [5, 5.41) is 15.8. The fraction of sp³-hybridized carbons (Fsp3) is 0.870. The van der Waals surface area contributed by atoms with E-state index >= 15 is 0 Å². The van der Waals surface area contributed by atoms with Crippen molar-refractivity contribution in [1.82, 2.24) is 9.19 Å². The van der Waals surface area contributed by atoms with Crippen LogP contribution in [0.25, 0.3) is 0 Å². The smallest absolute Gasteiger partial charge is 0.250 e. The lowest BCUT2D eigenvalue weighted by Crippen LogP contribution is -2.56. The van der Waals surface area contributed by atoms with E-state index in [0.29, 0.717) is 23.7 Å². The quantitative estimate of drug-likeness (QED) is 0.790. The van der Waals surface area contributed by atoms with Gasteiger partial charge in [0, 0.05) is 6.20 Å². The average Bonchev–Trinajstić information content (AvgIpc) is 3.18. The Bertz CT molecular complexity index is 940. The largest absolute Gasteiger partial charge is 0.389 e. The topological polar surface area (TPSA) is 72.2 Å². The summed E-state index contributed by atoms with van der Waals surface area (Å²) in [6, 6.07) is 0. The van der Waals surface area contributed by atoms with Crippen LogP contribution in [-0.2, 0) is 22.9 Å². The Morgan fingerprint density at radius 2 is 1.90 bits per heavy atom. The van der Waals surface area contributed by atoms with Crippen molar-refractivity contribution in [2.75, 3.05) is 6.26 Å². The summed E-state index contributed by atoms with van der Waals surface area (Å²) >= 11 is 0. The van der Waals surface area contributed by atoms with Crippen LogP contribution in [-0.4, -0.2) is 34.6 Å². The molecule has 0 bridgehead atoms. The van der Waals surface area contributed by atoms with Crippen LogP contribution in [0.5, 0.6) is 0 Å². The van der Waals surface area contributed by atoms with Gasteiger partial charge < -0.3 is 5.11 Å². The molecule has 0 spiro atoms. The maximum atomic E-state index is 12.0. The van der Waals surface area contributed by atoms with Crippen molar-refractivity contribution in [2.24, 2.45) is 34.5 Å². The average molecular weight is 421 g/mol. The van der Waals surface area contributed by atoms with Crippen LogP contribution in [0.4, 0.5) is 0 Å². The van der Waals surface area contributed by atoms with Gasteiger partial charge in [-0.1, -0.05) is 20.8 Å². The van der Waals surface area contributed by atoms with Crippen molar-refractivity contribution in [3.8, 4) is 0 Å². The SMILES string of the molecule is CC[C@@]1(O)CCC2C3CC[C@H]4Cc5nn(S(C)(=O)=O)cc5C[C@]4(C)C3CC[C@@]21C. The van der Waals surface area contributed by atoms with Gasteiger partial charge in [0.1, 0.15) is 0 Å². The van der Waals surface area contributed by atoms with E-state index in [1.54, 1.807) is 6.20 Å². The van der Waals surface area contributed by atoms with Crippen molar-refractivity contribution in [1.29, 1.82) is 0 Å². The first-order chi connectivity index (χ1) is 13.5. The minimum absolute atomic E-state index is 0.0626. The lowest BCUT2D eigenvalue weighted by atomic mass is 9.44. The third-order valence-electron chi connectivity index (χ3n) is 10.2. The maximum absolute atomic E-state index is 12.0. The molecule has 5 nitrogen and oxygen atoms in total. The normalized spacial score (nSPS) is 46.5. The van der Waals surface area contributed by atoms with Crippen LogP contribution in [0, 0.1) is 34.5 Å². The summed E-state index contributed by atoms with van der Waals surface area (Å²) in [6.07, 6.45) is 12.6. The molecule has 4 aliphatic rings. The zero-order valence-corrected chi connectivity index (χ0v) is 19.1. The molecule has 29 heavy (non-hydrogen) atoms. The molecule has 1 aromatic rings. The Balaban J connectivity index is 1.48. The molecule has 3 saturated carbocycles. The van der Waals surface area contributed by atoms with E-state index in [1.165, 1.54) is 36.0 Å². The van der Waals surface area contributed by atoms with Gasteiger partial charge in [-0.25, -0.2) is 8.42 Å². The second-order valence-corrected chi connectivity index (χ2v) is 13.0. The van der Waals surface area contributed by atoms with Crippen molar-refractivity contribution < 1.29 is 13.5 Å². The van der Waals surface area contributed by atoms with E-state index in [0.717, 1.165) is 43.4 Å². The van der Waals surface area contributed by atoms with E-state index in [-0.39, 0.29) is 10.8 Å². The number of aromatic nitrogens is 2. The standard InChI is InChI=1S/C23H36N2O3S/c1-5-23(26)11-9-19-17-7-6-16-12-20-15(14-25(24-20)29(4,27)28)13-21(16,2)18(17)8-10-22(19,23)3/h14,16-19,26H,5-13H2,1-4H3/t16-,17?,18?,19?,21-,22-,23+/m0/s1. The molecular formula is C23H36N2O3S. The van der Waals surface area contributed by atoms with Crippen LogP contribution in [0.1, 0.15) is 77.0 Å². The van der Waals surface area contributed by atoms with Gasteiger partial charge in [0.05, 0.1) is 17.6 Å². The summed E-state index contributed by atoms with van der Waals surface area (Å²) in [7, 11) is -3.33. The fourth-order valence-corrected chi connectivity index (χ4v) is 8.96. The summed E-state index contributed by atoms with van der Waals surface area (Å²) in [6.45, 7) is 6.99. The zero-order valence-electron chi connectivity index (χ0n) is 18.3. The Hall–Kier alpha value is -0.880. The maximum Gasteiger partial charge on any atom is 0.250 e. The Kier molecular flexibility index (Phi) is 4.21. The Labute approximate surface area is 175 Å². The van der Waals surface area contributed by atoms with Gasteiger partial charge in [-0.2, -0.15) is 9.19 Å². The molecule has 3 fully saturated rings. The monoisotopic (exact) mass is 420 g/mol. The number of hydrogen-bond donors (Lipinski definition) is 1. The molecular weight excluding hydrogens is 384 g/mol. The number of nitrogens with zero attached hydrogens (tertiary/aromatic N) is 2. The molecule has 0 radical (unpaired) electrons. The molecule has 7 atom stereocenters. The number of fused-ring (bicyclic) bond motifs is 6. The predicted octanol–water partition coefficient (Wildman–Crippen LogP) is 3.79. The van der Waals surface area contributed by atoms with Gasteiger partial charge >= 0.3 is 0 Å². The molecule has 0 aromatic carbocycles. The van der Waals surface area contributed by atoms with Crippen molar-refractivity contribution in [3.05, 3.63) is 17.5 Å². The summed E-state index contributed by atoms with van der Waals surface area (Å²) < 4.78 is 25.2. The van der Waals surface area contributed by atoms with E-state index in [2.05, 4.69) is 25.9 Å². The van der Waals surface area contributed by atoms with Crippen molar-refractivity contribution >= 4 is 10.0 Å². The van der Waals surface area contributed by atoms with Gasteiger partial charge in [-0.3, -0.25) is 0 Å². The van der Waals surface area contributed by atoms with E-state index in [1.807, 2.05) is 0 Å². The third-order valence-corrected chi connectivity index (χ3v) is 11.0. The number of aliphatic hydroxyl groups is 1. The fourth-order valence-electron chi connectivity index (χ4n) is 8.39. The van der Waals surface area contributed by atoms with Crippen LogP contribution < -0.4 is 0 Å². The van der Waals surface area contributed by atoms with Gasteiger partial charge in [0.15, 0.2) is 0 Å². The number of hydrogen-bond acceptors (Lipinski definition) is 4. The Morgan fingerprint density at radius 1 is 1.17 bits per heavy atom. The summed E-state index contributed by atoms with van der Waals surface area (Å²) in [5.41, 5.74) is 1.93. The first-order valence-corrected chi connectivity index (χ1v) is 13.4. The molecule has 3 unspecified atom stereocenters. The van der Waals surface area contributed by atoms with Gasteiger partial charge in [0.2, 0.25) is 0 Å². The van der Waals surface area contributed by atoms with Gasteiger partial charge in [-0.15, -0.1) is 0 Å². The predicted molar refractivity (Wildman–Crippen MR) is 113 cm³/mol. The van der Waals surface area contributed by atoms with Crippen LogP contribution >= 0.6 is 0 Å². The van der Waals surface area contributed by atoms with Gasteiger partial charge in [0.25, 0.3) is 10.0 Å². The third kappa shape index (κ3) is 2.60. The number of rotatable bonds is 2. The second-order valence-electron chi connectivity index (χ2n) is 11.2. The molecule has 4 aliphatic carbocycles. The van der Waals surface area contributed by atoms with Crippen molar-refractivity contribution in [2.45, 2.75) is 84.2 Å². The van der Waals surface area contributed by atoms with Crippen molar-refractivity contribution in [3.63, 3.8) is 0 Å². The highest BCUT2D eigenvalue weighted by Gasteiger charge is 2.64. The minimum Gasteiger partial charge on any atom is -0.389 e. The summed E-state index contributed by atoms with van der Waals surface area (Å²) in [5.74, 6) is 2.59. The lowest BCUT2D eigenvalue weighted by molar-refractivity contribution is -0.146. The molecule has 0 saturated heterocycles. The Morgan fingerprint density at radius 3 is 2.59 bits per heavy atom. The molecule has 1 aromatic heterocycles. The molecule has 162 valence electrons. The first-order valence-electron chi connectivity index (χ1n) is 11.5. The molecule has 0 amide bonds. The molecule has 0 aliphatic heterocycles. The molecule has 1 heterocycles. The van der Waals surface area contributed by atoms with E-state index in [4.69, 9.17) is 0 Å². The lowest BCUT2D eigenvalue weighted by Gasteiger charge is -2.61. The molecule has 6 heteroatoms. The van der Waals surface area contributed by atoms with E-state index < -0.39 is 15.6 Å². The van der Waals surface area contributed by atoms with Gasteiger partial charge in [-0.05, 0) is 97.9 Å². The minimum atomic E-state index is -3.33. The van der Waals surface area contributed by atoms with Crippen LogP contribution in [0.15, 0.2) is 6.20 Å². The van der Waals surface area contributed by atoms with Crippen LogP contribution in [0.3, 0.4) is 0 Å². The van der Waals surface area contributed by atoms with E-state index in [9.17, 15) is 13.5 Å². The highest BCUT2D eigenvalue weighted by atomic mass is 32.2.